The summed E-state index contributed by atoms with van der Waals surface area (Å²) >= 11 is 0. The fourth-order valence-corrected chi connectivity index (χ4v) is 1.51. The highest BCUT2D eigenvalue weighted by Gasteiger charge is 2.16. The van der Waals surface area contributed by atoms with Gasteiger partial charge in [0.2, 0.25) is 0 Å². The van der Waals surface area contributed by atoms with Crippen LogP contribution in [-0.4, -0.2) is 19.4 Å². The molecule has 0 spiro atoms. The molecule has 1 aromatic rings. The smallest absolute Gasteiger partial charge is 0.167 e. The highest BCUT2D eigenvalue weighted by molar-refractivity contribution is 5.97. The zero-order chi connectivity index (χ0) is 10.4. The Labute approximate surface area is 85.3 Å². The normalized spacial score (nSPS) is 12.4. The largest absolute Gasteiger partial charge is 0.319 e. The van der Waals surface area contributed by atoms with Gasteiger partial charge in [-0.05, 0) is 13.5 Å². The molecular formula is C12H17NO. The van der Waals surface area contributed by atoms with Crippen LogP contribution in [0.3, 0.4) is 0 Å². The van der Waals surface area contributed by atoms with Crippen LogP contribution in [-0.2, 0) is 0 Å². The van der Waals surface area contributed by atoms with E-state index in [9.17, 15) is 4.79 Å². The summed E-state index contributed by atoms with van der Waals surface area (Å²) in [6.07, 6.45) is 0.883. The van der Waals surface area contributed by atoms with Crippen molar-refractivity contribution in [1.29, 1.82) is 0 Å². The van der Waals surface area contributed by atoms with Crippen molar-refractivity contribution >= 4 is 5.78 Å². The first-order chi connectivity index (χ1) is 6.79. The van der Waals surface area contributed by atoms with Crippen molar-refractivity contribution in [2.45, 2.75) is 13.3 Å². The van der Waals surface area contributed by atoms with E-state index in [1.165, 1.54) is 0 Å². The van der Waals surface area contributed by atoms with Crippen molar-refractivity contribution in [3.63, 3.8) is 0 Å². The molecule has 0 aromatic heterocycles. The fourth-order valence-electron chi connectivity index (χ4n) is 1.51. The van der Waals surface area contributed by atoms with E-state index in [2.05, 4.69) is 5.32 Å². The molecule has 0 fully saturated rings. The van der Waals surface area contributed by atoms with Crippen LogP contribution in [0.15, 0.2) is 30.3 Å². The third-order valence-corrected chi connectivity index (χ3v) is 2.37. The number of ketones is 1. The second kappa shape index (κ2) is 5.55. The molecule has 2 heteroatoms. The van der Waals surface area contributed by atoms with Crippen molar-refractivity contribution in [1.82, 2.24) is 5.32 Å². The summed E-state index contributed by atoms with van der Waals surface area (Å²) < 4.78 is 0. The monoisotopic (exact) mass is 191 g/mol. The van der Waals surface area contributed by atoms with E-state index in [1.54, 1.807) is 0 Å². The Morgan fingerprint density at radius 1 is 1.36 bits per heavy atom. The summed E-state index contributed by atoms with van der Waals surface area (Å²) in [5, 5.41) is 3.05. The molecule has 0 aliphatic carbocycles. The van der Waals surface area contributed by atoms with Gasteiger partial charge in [0.25, 0.3) is 0 Å². The van der Waals surface area contributed by atoms with Crippen molar-refractivity contribution in [3.8, 4) is 0 Å². The summed E-state index contributed by atoms with van der Waals surface area (Å²) in [4.78, 5) is 11.9. The summed E-state index contributed by atoms with van der Waals surface area (Å²) in [7, 11) is 1.88. The Bertz CT molecular complexity index is 282. The third kappa shape index (κ3) is 2.67. The standard InChI is InChI=1S/C12H17NO/c1-3-10(9-13-2)12(14)11-7-5-4-6-8-11/h4-8,10,13H,3,9H2,1-2H3. The van der Waals surface area contributed by atoms with Crippen LogP contribution >= 0.6 is 0 Å². The molecular weight excluding hydrogens is 174 g/mol. The molecule has 1 rings (SSSR count). The molecule has 0 heterocycles. The number of carbonyl (C=O) groups is 1. The van der Waals surface area contributed by atoms with Gasteiger partial charge in [0.15, 0.2) is 5.78 Å². The third-order valence-electron chi connectivity index (χ3n) is 2.37. The number of carbonyl (C=O) groups excluding carboxylic acids is 1. The minimum atomic E-state index is 0.0994. The van der Waals surface area contributed by atoms with E-state index in [4.69, 9.17) is 0 Å². The zero-order valence-electron chi connectivity index (χ0n) is 8.79. The molecule has 76 valence electrons. The Morgan fingerprint density at radius 3 is 2.50 bits per heavy atom. The first kappa shape index (κ1) is 10.9. The number of benzene rings is 1. The predicted molar refractivity (Wildman–Crippen MR) is 58.5 cm³/mol. The summed E-state index contributed by atoms with van der Waals surface area (Å²) in [6.45, 7) is 2.80. The van der Waals surface area contributed by atoms with E-state index in [-0.39, 0.29) is 11.7 Å². The number of Topliss-reactive ketones (excluding diaryl/α,β-unsaturated/α-hetero) is 1. The van der Waals surface area contributed by atoms with Gasteiger partial charge in [0, 0.05) is 18.0 Å². The highest BCUT2D eigenvalue weighted by Crippen LogP contribution is 2.11. The van der Waals surface area contributed by atoms with Crippen LogP contribution in [0.25, 0.3) is 0 Å². The molecule has 0 saturated carbocycles. The molecule has 0 amide bonds. The number of hydrogen-bond acceptors (Lipinski definition) is 2. The lowest BCUT2D eigenvalue weighted by molar-refractivity contribution is 0.0916. The van der Waals surface area contributed by atoms with E-state index < -0.39 is 0 Å². The first-order valence-corrected chi connectivity index (χ1v) is 5.03. The van der Waals surface area contributed by atoms with E-state index in [0.29, 0.717) is 0 Å². The number of hydrogen-bond donors (Lipinski definition) is 1. The van der Waals surface area contributed by atoms with Crippen LogP contribution in [0.1, 0.15) is 23.7 Å². The van der Waals surface area contributed by atoms with Crippen molar-refractivity contribution in [2.24, 2.45) is 5.92 Å². The maximum absolute atomic E-state index is 11.9. The number of nitrogens with one attached hydrogen (secondary N) is 1. The minimum absolute atomic E-state index is 0.0994. The molecule has 0 saturated heterocycles. The van der Waals surface area contributed by atoms with Crippen molar-refractivity contribution in [2.75, 3.05) is 13.6 Å². The lowest BCUT2D eigenvalue weighted by Gasteiger charge is -2.12. The Kier molecular flexibility index (Phi) is 4.33. The van der Waals surface area contributed by atoms with Gasteiger partial charge in [-0.3, -0.25) is 4.79 Å². The van der Waals surface area contributed by atoms with E-state index >= 15 is 0 Å². The van der Waals surface area contributed by atoms with Crippen LogP contribution in [0.5, 0.6) is 0 Å². The first-order valence-electron chi connectivity index (χ1n) is 5.03. The van der Waals surface area contributed by atoms with Crippen molar-refractivity contribution in [3.05, 3.63) is 35.9 Å². The Balaban J connectivity index is 2.73. The average molecular weight is 191 g/mol. The maximum Gasteiger partial charge on any atom is 0.167 e. The summed E-state index contributed by atoms with van der Waals surface area (Å²) in [5.74, 6) is 0.338. The van der Waals surface area contributed by atoms with Gasteiger partial charge in [-0.25, -0.2) is 0 Å². The average Bonchev–Trinajstić information content (AvgIpc) is 2.26. The molecule has 14 heavy (non-hydrogen) atoms. The minimum Gasteiger partial charge on any atom is -0.319 e. The van der Waals surface area contributed by atoms with Gasteiger partial charge in [-0.1, -0.05) is 37.3 Å². The SMILES string of the molecule is CCC(CNC)C(=O)c1ccccc1. The zero-order valence-corrected chi connectivity index (χ0v) is 8.79. The highest BCUT2D eigenvalue weighted by atomic mass is 16.1. The van der Waals surface area contributed by atoms with Gasteiger partial charge in [0.05, 0.1) is 0 Å². The summed E-state index contributed by atoms with van der Waals surface area (Å²) in [5.41, 5.74) is 0.814. The van der Waals surface area contributed by atoms with Gasteiger partial charge in [-0.2, -0.15) is 0 Å². The molecule has 1 unspecified atom stereocenters. The Morgan fingerprint density at radius 2 is 2.00 bits per heavy atom. The van der Waals surface area contributed by atoms with Gasteiger partial charge in [0.1, 0.15) is 0 Å². The quantitative estimate of drug-likeness (QED) is 0.722. The van der Waals surface area contributed by atoms with E-state index in [0.717, 1.165) is 18.5 Å². The van der Waals surface area contributed by atoms with Crippen LogP contribution in [0, 0.1) is 5.92 Å². The maximum atomic E-state index is 11.9. The molecule has 0 aliphatic heterocycles. The van der Waals surface area contributed by atoms with Crippen LogP contribution in [0.2, 0.25) is 0 Å². The Hall–Kier alpha value is -1.15. The van der Waals surface area contributed by atoms with Crippen LogP contribution < -0.4 is 5.32 Å². The lowest BCUT2D eigenvalue weighted by Crippen LogP contribution is -2.25. The van der Waals surface area contributed by atoms with Gasteiger partial charge >= 0.3 is 0 Å². The molecule has 0 aliphatic rings. The molecule has 0 radical (unpaired) electrons. The second-order valence-corrected chi connectivity index (χ2v) is 3.39. The topological polar surface area (TPSA) is 29.1 Å². The lowest BCUT2D eigenvalue weighted by atomic mass is 9.95. The van der Waals surface area contributed by atoms with Gasteiger partial charge < -0.3 is 5.32 Å². The molecule has 1 atom stereocenters. The fraction of sp³-hybridized carbons (Fsp3) is 0.417. The van der Waals surface area contributed by atoms with Crippen LogP contribution in [0.4, 0.5) is 0 Å². The summed E-state index contributed by atoms with van der Waals surface area (Å²) in [6, 6.07) is 9.48. The van der Waals surface area contributed by atoms with Crippen molar-refractivity contribution < 1.29 is 4.79 Å². The second-order valence-electron chi connectivity index (χ2n) is 3.39. The molecule has 2 nitrogen and oxygen atoms in total. The molecule has 1 aromatic carbocycles. The predicted octanol–water partition coefficient (Wildman–Crippen LogP) is 2.11. The van der Waals surface area contributed by atoms with Gasteiger partial charge in [-0.15, -0.1) is 0 Å². The molecule has 0 bridgehead atoms. The van der Waals surface area contributed by atoms with E-state index in [1.807, 2.05) is 44.3 Å². The molecule has 1 N–H and O–H groups in total. The number of rotatable bonds is 5.